The van der Waals surface area contributed by atoms with Crippen LogP contribution in [-0.2, 0) is 13.0 Å². The molecule has 0 bridgehead atoms. The predicted molar refractivity (Wildman–Crippen MR) is 72.5 cm³/mol. The van der Waals surface area contributed by atoms with Crippen LogP contribution in [0, 0.1) is 5.82 Å². The van der Waals surface area contributed by atoms with Crippen molar-refractivity contribution in [2.24, 2.45) is 5.73 Å². The molecule has 90 valence electrons. The summed E-state index contributed by atoms with van der Waals surface area (Å²) in [6.45, 7) is 2.56. The molecule has 17 heavy (non-hydrogen) atoms. The highest BCUT2D eigenvalue weighted by atomic mass is 79.9. The van der Waals surface area contributed by atoms with Crippen LogP contribution in [0.5, 0.6) is 0 Å². The van der Waals surface area contributed by atoms with Crippen molar-refractivity contribution in [3.63, 3.8) is 0 Å². The van der Waals surface area contributed by atoms with Crippen LogP contribution >= 0.6 is 27.3 Å². The Balaban J connectivity index is 2.45. The average Bonchev–Trinajstić information content (AvgIpc) is 2.75. The lowest BCUT2D eigenvalue weighted by molar-refractivity contribution is 0.621. The van der Waals surface area contributed by atoms with E-state index in [0.29, 0.717) is 11.0 Å². The molecule has 2 rings (SSSR count). The Bertz CT molecular complexity index is 518. The second-order valence-corrected chi connectivity index (χ2v) is 5.51. The molecule has 0 amide bonds. The van der Waals surface area contributed by atoms with Crippen LogP contribution in [0.3, 0.4) is 0 Å². The Morgan fingerprint density at radius 2 is 2.24 bits per heavy atom. The molecule has 0 aliphatic heterocycles. The van der Waals surface area contributed by atoms with Gasteiger partial charge in [0.25, 0.3) is 0 Å². The summed E-state index contributed by atoms with van der Waals surface area (Å²) in [5.41, 5.74) is 7.62. The van der Waals surface area contributed by atoms with Gasteiger partial charge in [0.15, 0.2) is 0 Å². The van der Waals surface area contributed by atoms with Crippen molar-refractivity contribution in [3.05, 3.63) is 39.1 Å². The number of aromatic nitrogens is 1. The first-order valence-corrected chi connectivity index (χ1v) is 6.90. The Kier molecular flexibility index (Phi) is 3.91. The minimum absolute atomic E-state index is 0.264. The van der Waals surface area contributed by atoms with E-state index in [1.807, 2.05) is 0 Å². The van der Waals surface area contributed by atoms with Crippen molar-refractivity contribution < 1.29 is 4.39 Å². The van der Waals surface area contributed by atoms with Gasteiger partial charge in [0.2, 0.25) is 0 Å². The fourth-order valence-electron chi connectivity index (χ4n) is 1.57. The Morgan fingerprint density at radius 3 is 2.76 bits per heavy atom. The standard InChI is InChI=1S/C12H12BrFN2S/c1-2-10-11(6-15)17-12(16-10)7-3-4-9(14)8(13)5-7/h3-5H,2,6,15H2,1H3. The number of thiazole rings is 1. The van der Waals surface area contributed by atoms with E-state index in [1.54, 1.807) is 23.5 Å². The minimum atomic E-state index is -0.264. The van der Waals surface area contributed by atoms with Gasteiger partial charge < -0.3 is 5.73 Å². The predicted octanol–water partition coefficient (Wildman–Crippen LogP) is 3.73. The highest BCUT2D eigenvalue weighted by Gasteiger charge is 2.11. The van der Waals surface area contributed by atoms with Gasteiger partial charge in [-0.2, -0.15) is 0 Å². The number of nitrogens with zero attached hydrogens (tertiary/aromatic N) is 1. The maximum atomic E-state index is 13.1. The maximum Gasteiger partial charge on any atom is 0.137 e. The molecule has 2 aromatic rings. The summed E-state index contributed by atoms with van der Waals surface area (Å²) in [7, 11) is 0. The van der Waals surface area contributed by atoms with Crippen LogP contribution in [0.25, 0.3) is 10.6 Å². The number of halogens is 2. The zero-order valence-electron chi connectivity index (χ0n) is 9.34. The van der Waals surface area contributed by atoms with E-state index in [4.69, 9.17) is 5.73 Å². The molecule has 1 aromatic carbocycles. The molecule has 2 N–H and O–H groups in total. The van der Waals surface area contributed by atoms with Gasteiger partial charge in [-0.1, -0.05) is 6.92 Å². The fourth-order valence-corrected chi connectivity index (χ4v) is 2.98. The van der Waals surface area contributed by atoms with E-state index in [1.165, 1.54) is 6.07 Å². The van der Waals surface area contributed by atoms with Gasteiger partial charge in [0.1, 0.15) is 10.8 Å². The second-order valence-electron chi connectivity index (χ2n) is 3.58. The van der Waals surface area contributed by atoms with E-state index in [-0.39, 0.29) is 5.82 Å². The van der Waals surface area contributed by atoms with Crippen LogP contribution in [0.4, 0.5) is 4.39 Å². The number of nitrogens with two attached hydrogens (primary N) is 1. The molecule has 2 nitrogen and oxygen atoms in total. The first kappa shape index (κ1) is 12.7. The highest BCUT2D eigenvalue weighted by Crippen LogP contribution is 2.30. The zero-order valence-corrected chi connectivity index (χ0v) is 11.7. The number of benzene rings is 1. The fraction of sp³-hybridized carbons (Fsp3) is 0.250. The van der Waals surface area contributed by atoms with Gasteiger partial charge in [0.05, 0.1) is 10.2 Å². The lowest BCUT2D eigenvalue weighted by Crippen LogP contribution is -1.96. The van der Waals surface area contributed by atoms with Crippen molar-refractivity contribution in [1.29, 1.82) is 0 Å². The largest absolute Gasteiger partial charge is 0.326 e. The summed E-state index contributed by atoms with van der Waals surface area (Å²) in [6.07, 6.45) is 0.866. The Labute approximate surface area is 112 Å². The van der Waals surface area contributed by atoms with Crippen molar-refractivity contribution in [2.45, 2.75) is 19.9 Å². The van der Waals surface area contributed by atoms with E-state index in [9.17, 15) is 4.39 Å². The molecule has 0 aliphatic carbocycles. The highest BCUT2D eigenvalue weighted by molar-refractivity contribution is 9.10. The number of aryl methyl sites for hydroxylation is 1. The van der Waals surface area contributed by atoms with Crippen molar-refractivity contribution in [1.82, 2.24) is 4.98 Å². The van der Waals surface area contributed by atoms with Crippen LogP contribution in [-0.4, -0.2) is 4.98 Å². The zero-order chi connectivity index (χ0) is 12.4. The van der Waals surface area contributed by atoms with Gasteiger partial charge in [-0.15, -0.1) is 11.3 Å². The van der Waals surface area contributed by atoms with E-state index < -0.39 is 0 Å². The van der Waals surface area contributed by atoms with Gasteiger partial charge in [0, 0.05) is 17.0 Å². The van der Waals surface area contributed by atoms with Gasteiger partial charge >= 0.3 is 0 Å². The van der Waals surface area contributed by atoms with Crippen molar-refractivity contribution >= 4 is 27.3 Å². The molecular formula is C12H12BrFN2S. The van der Waals surface area contributed by atoms with Gasteiger partial charge in [-0.25, -0.2) is 9.37 Å². The summed E-state index contributed by atoms with van der Waals surface area (Å²) >= 11 is 4.75. The molecule has 0 aliphatic rings. The molecular weight excluding hydrogens is 303 g/mol. The molecule has 0 radical (unpaired) electrons. The normalized spacial score (nSPS) is 10.8. The average molecular weight is 315 g/mol. The molecule has 0 spiro atoms. The molecule has 0 saturated heterocycles. The number of hydrogen-bond donors (Lipinski definition) is 1. The third-order valence-corrected chi connectivity index (χ3v) is 4.24. The number of rotatable bonds is 3. The number of hydrogen-bond acceptors (Lipinski definition) is 3. The van der Waals surface area contributed by atoms with Crippen molar-refractivity contribution in [3.8, 4) is 10.6 Å². The Morgan fingerprint density at radius 1 is 1.47 bits per heavy atom. The summed E-state index contributed by atoms with van der Waals surface area (Å²) in [5, 5.41) is 0.892. The SMILES string of the molecule is CCc1nc(-c2ccc(F)c(Br)c2)sc1CN. The molecule has 0 unspecified atom stereocenters. The molecule has 0 fully saturated rings. The van der Waals surface area contributed by atoms with Crippen LogP contribution in [0.2, 0.25) is 0 Å². The van der Waals surface area contributed by atoms with E-state index >= 15 is 0 Å². The third-order valence-electron chi connectivity index (χ3n) is 2.47. The quantitative estimate of drug-likeness (QED) is 0.937. The summed E-state index contributed by atoms with van der Waals surface area (Å²) < 4.78 is 13.6. The first-order valence-electron chi connectivity index (χ1n) is 5.29. The monoisotopic (exact) mass is 314 g/mol. The molecule has 1 aromatic heterocycles. The lowest BCUT2D eigenvalue weighted by Gasteiger charge is -1.98. The minimum Gasteiger partial charge on any atom is -0.326 e. The second kappa shape index (κ2) is 5.25. The van der Waals surface area contributed by atoms with Crippen LogP contribution in [0.1, 0.15) is 17.5 Å². The smallest absolute Gasteiger partial charge is 0.137 e. The van der Waals surface area contributed by atoms with Crippen LogP contribution in [0.15, 0.2) is 22.7 Å². The topological polar surface area (TPSA) is 38.9 Å². The van der Waals surface area contributed by atoms with E-state index in [0.717, 1.165) is 27.6 Å². The Hall–Kier alpha value is -0.780. The van der Waals surface area contributed by atoms with Crippen molar-refractivity contribution in [2.75, 3.05) is 0 Å². The van der Waals surface area contributed by atoms with E-state index in [2.05, 4.69) is 27.8 Å². The first-order chi connectivity index (χ1) is 8.15. The summed E-state index contributed by atoms with van der Waals surface area (Å²) in [4.78, 5) is 5.64. The molecule has 5 heteroatoms. The maximum absolute atomic E-state index is 13.1. The molecule has 1 heterocycles. The molecule has 0 saturated carbocycles. The van der Waals surface area contributed by atoms with Gasteiger partial charge in [-0.05, 0) is 40.5 Å². The van der Waals surface area contributed by atoms with Crippen LogP contribution < -0.4 is 5.73 Å². The third kappa shape index (κ3) is 2.56. The summed E-state index contributed by atoms with van der Waals surface area (Å²) in [5.74, 6) is -0.264. The molecule has 0 atom stereocenters. The van der Waals surface area contributed by atoms with Gasteiger partial charge in [-0.3, -0.25) is 0 Å². The summed E-state index contributed by atoms with van der Waals surface area (Å²) in [6, 6.07) is 4.92. The lowest BCUT2D eigenvalue weighted by atomic mass is 10.2.